The first-order chi connectivity index (χ1) is 15.1. The smallest absolute Gasteiger partial charge is 0.338 e. The van der Waals surface area contributed by atoms with Gasteiger partial charge in [0.2, 0.25) is 0 Å². The molecule has 0 saturated carbocycles. The molecule has 3 aliphatic rings. The lowest BCUT2D eigenvalue weighted by atomic mass is 9.94. The molecule has 1 amide bonds. The molecule has 2 aliphatic heterocycles. The maximum Gasteiger partial charge on any atom is 0.338 e. The fraction of sp³-hybridized carbons (Fsp3) is 0.417. The number of amides is 1. The van der Waals surface area contributed by atoms with E-state index in [4.69, 9.17) is 4.74 Å². The van der Waals surface area contributed by atoms with Gasteiger partial charge in [-0.15, -0.1) is 0 Å². The Morgan fingerprint density at radius 3 is 2.81 bits per heavy atom. The van der Waals surface area contributed by atoms with E-state index < -0.39 is 5.97 Å². The number of hydrogen-bond acceptors (Lipinski definition) is 4. The van der Waals surface area contributed by atoms with Crippen LogP contribution in [0.1, 0.15) is 51.3 Å². The van der Waals surface area contributed by atoms with Crippen molar-refractivity contribution in [2.24, 2.45) is 0 Å². The molecule has 5 rings (SSSR count). The highest BCUT2D eigenvalue weighted by molar-refractivity contribution is 6.35. The highest BCUT2D eigenvalue weighted by Gasteiger charge is 2.28. The summed E-state index contributed by atoms with van der Waals surface area (Å²) in [6.45, 7) is 4.41. The van der Waals surface area contributed by atoms with Gasteiger partial charge in [0.1, 0.15) is 0 Å². The second-order valence-corrected chi connectivity index (χ2v) is 8.48. The minimum atomic E-state index is -0.941. The summed E-state index contributed by atoms with van der Waals surface area (Å²) >= 11 is 0. The van der Waals surface area contributed by atoms with Gasteiger partial charge in [0.05, 0.1) is 30.0 Å². The summed E-state index contributed by atoms with van der Waals surface area (Å²) in [6.07, 6.45) is 6.29. The number of aromatic carboxylic acids is 1. The van der Waals surface area contributed by atoms with Gasteiger partial charge in [-0.3, -0.25) is 9.69 Å². The molecule has 3 heterocycles. The van der Waals surface area contributed by atoms with Gasteiger partial charge in [0.25, 0.3) is 5.91 Å². The third-order valence-corrected chi connectivity index (χ3v) is 6.51. The number of ether oxygens (including phenoxy) is 1. The first-order valence-corrected chi connectivity index (χ1v) is 11.0. The van der Waals surface area contributed by atoms with Crippen molar-refractivity contribution in [3.8, 4) is 0 Å². The van der Waals surface area contributed by atoms with E-state index in [1.807, 2.05) is 6.07 Å². The standard InChI is InChI=1S/C24H27N3O4/c28-23-18(14-21-22(24(29)30)16-3-1-2-4-19(16)25-21)17-13-15(5-6-20(17)26-23)7-8-27-9-11-31-12-10-27/h5-6,13-14,25H,1-4,7-12H2,(H,26,28)(H,29,30). The molecule has 1 aliphatic carbocycles. The topological polar surface area (TPSA) is 94.7 Å². The van der Waals surface area contributed by atoms with Gasteiger partial charge in [-0.05, 0) is 61.4 Å². The zero-order valence-electron chi connectivity index (χ0n) is 17.5. The number of H-pyrrole nitrogens is 1. The third kappa shape index (κ3) is 3.91. The molecule has 3 N–H and O–H groups in total. The molecule has 1 aromatic heterocycles. The number of carboxylic acid groups (broad SMARTS) is 1. The van der Waals surface area contributed by atoms with Crippen LogP contribution in [0.4, 0.5) is 5.69 Å². The molecule has 31 heavy (non-hydrogen) atoms. The van der Waals surface area contributed by atoms with Crippen molar-refractivity contribution in [3.05, 3.63) is 51.8 Å². The summed E-state index contributed by atoms with van der Waals surface area (Å²) in [6, 6.07) is 6.06. The fourth-order valence-electron chi connectivity index (χ4n) is 4.85. The molecule has 0 bridgehead atoms. The number of carbonyl (C=O) groups is 2. The van der Waals surface area contributed by atoms with Crippen LogP contribution >= 0.6 is 0 Å². The predicted molar refractivity (Wildman–Crippen MR) is 118 cm³/mol. The van der Waals surface area contributed by atoms with E-state index >= 15 is 0 Å². The van der Waals surface area contributed by atoms with Crippen molar-refractivity contribution >= 4 is 29.2 Å². The van der Waals surface area contributed by atoms with Gasteiger partial charge in [0, 0.05) is 36.6 Å². The van der Waals surface area contributed by atoms with Crippen LogP contribution in [0.25, 0.3) is 11.6 Å². The normalized spacial score (nSPS) is 19.9. The summed E-state index contributed by atoms with van der Waals surface area (Å²) in [5.74, 6) is -1.13. The first-order valence-electron chi connectivity index (χ1n) is 11.0. The monoisotopic (exact) mass is 421 g/mol. The Balaban J connectivity index is 1.45. The van der Waals surface area contributed by atoms with Gasteiger partial charge in [-0.2, -0.15) is 0 Å². The Hall–Kier alpha value is -2.90. The maximum atomic E-state index is 12.7. The molecule has 7 nitrogen and oxygen atoms in total. The van der Waals surface area contributed by atoms with Crippen LogP contribution < -0.4 is 5.32 Å². The van der Waals surface area contributed by atoms with Gasteiger partial charge in [0.15, 0.2) is 0 Å². The second kappa shape index (κ2) is 8.32. The first kappa shape index (κ1) is 20.0. The molecule has 1 fully saturated rings. The largest absolute Gasteiger partial charge is 0.478 e. The number of aromatic amines is 1. The van der Waals surface area contributed by atoms with E-state index in [0.29, 0.717) is 16.8 Å². The lowest BCUT2D eigenvalue weighted by Gasteiger charge is -2.26. The Kier molecular flexibility index (Phi) is 5.38. The number of rotatable bonds is 5. The zero-order chi connectivity index (χ0) is 21.4. The molecule has 0 atom stereocenters. The molecule has 1 aromatic carbocycles. The Bertz CT molecular complexity index is 1060. The summed E-state index contributed by atoms with van der Waals surface area (Å²) in [4.78, 5) is 30.4. The molecular weight excluding hydrogens is 394 g/mol. The van der Waals surface area contributed by atoms with Crippen molar-refractivity contribution in [1.82, 2.24) is 9.88 Å². The van der Waals surface area contributed by atoms with Crippen LogP contribution in [-0.4, -0.2) is 59.7 Å². The number of carboxylic acids is 1. The van der Waals surface area contributed by atoms with E-state index in [9.17, 15) is 14.7 Å². The molecule has 0 spiro atoms. The molecule has 162 valence electrons. The van der Waals surface area contributed by atoms with Crippen molar-refractivity contribution in [2.45, 2.75) is 32.1 Å². The van der Waals surface area contributed by atoms with Crippen LogP contribution in [-0.2, 0) is 28.8 Å². The Morgan fingerprint density at radius 2 is 2.00 bits per heavy atom. The minimum absolute atomic E-state index is 0.191. The van der Waals surface area contributed by atoms with Gasteiger partial charge >= 0.3 is 5.97 Å². The van der Waals surface area contributed by atoms with Crippen LogP contribution in [0, 0.1) is 0 Å². The fourth-order valence-corrected chi connectivity index (χ4v) is 4.85. The molecule has 1 saturated heterocycles. The van der Waals surface area contributed by atoms with Crippen molar-refractivity contribution in [3.63, 3.8) is 0 Å². The SMILES string of the molecule is O=C1Nc2ccc(CCN3CCOCC3)cc2C1=Cc1[nH]c2c(c1C(=O)O)CCCC2. The number of fused-ring (bicyclic) bond motifs is 2. The van der Waals surface area contributed by atoms with E-state index in [2.05, 4.69) is 27.3 Å². The van der Waals surface area contributed by atoms with Crippen molar-refractivity contribution in [2.75, 3.05) is 38.2 Å². The van der Waals surface area contributed by atoms with E-state index in [1.54, 1.807) is 6.08 Å². The molecule has 0 unspecified atom stereocenters. The Labute approximate surface area is 181 Å². The lowest BCUT2D eigenvalue weighted by Crippen LogP contribution is -2.37. The lowest BCUT2D eigenvalue weighted by molar-refractivity contribution is -0.110. The van der Waals surface area contributed by atoms with E-state index in [1.165, 1.54) is 0 Å². The van der Waals surface area contributed by atoms with Crippen LogP contribution in [0.3, 0.4) is 0 Å². The van der Waals surface area contributed by atoms with Gasteiger partial charge in [-0.1, -0.05) is 6.07 Å². The molecule has 0 radical (unpaired) electrons. The Morgan fingerprint density at radius 1 is 1.19 bits per heavy atom. The quantitative estimate of drug-likeness (QED) is 0.646. The average Bonchev–Trinajstić information content (AvgIpc) is 3.30. The maximum absolute atomic E-state index is 12.7. The van der Waals surface area contributed by atoms with Gasteiger partial charge in [-0.25, -0.2) is 4.79 Å². The zero-order valence-corrected chi connectivity index (χ0v) is 17.5. The van der Waals surface area contributed by atoms with E-state index in [0.717, 1.165) is 93.0 Å². The molecular formula is C24H27N3O4. The van der Waals surface area contributed by atoms with E-state index in [-0.39, 0.29) is 5.91 Å². The van der Waals surface area contributed by atoms with Crippen molar-refractivity contribution < 1.29 is 19.4 Å². The number of carbonyl (C=O) groups excluding carboxylic acids is 1. The second-order valence-electron chi connectivity index (χ2n) is 8.48. The van der Waals surface area contributed by atoms with Gasteiger partial charge < -0.3 is 20.1 Å². The number of nitrogens with zero attached hydrogens (tertiary/aromatic N) is 1. The summed E-state index contributed by atoms with van der Waals surface area (Å²) in [7, 11) is 0. The summed E-state index contributed by atoms with van der Waals surface area (Å²) in [5.41, 5.74) is 6.02. The van der Waals surface area contributed by atoms with Crippen LogP contribution in [0.15, 0.2) is 18.2 Å². The summed E-state index contributed by atoms with van der Waals surface area (Å²) in [5, 5.41) is 12.7. The van der Waals surface area contributed by atoms with Crippen LogP contribution in [0.5, 0.6) is 0 Å². The number of nitrogens with one attached hydrogen (secondary N) is 2. The highest BCUT2D eigenvalue weighted by atomic mass is 16.5. The van der Waals surface area contributed by atoms with Crippen LogP contribution in [0.2, 0.25) is 0 Å². The number of morpholine rings is 1. The third-order valence-electron chi connectivity index (χ3n) is 6.51. The number of aromatic nitrogens is 1. The average molecular weight is 421 g/mol. The molecule has 2 aromatic rings. The number of anilines is 1. The molecule has 7 heteroatoms. The predicted octanol–water partition coefficient (Wildman–Crippen LogP) is 2.96. The summed E-state index contributed by atoms with van der Waals surface area (Å²) < 4.78 is 5.41. The highest BCUT2D eigenvalue weighted by Crippen LogP contribution is 2.36. The minimum Gasteiger partial charge on any atom is -0.478 e. The van der Waals surface area contributed by atoms with Crippen molar-refractivity contribution in [1.29, 1.82) is 0 Å². The number of aryl methyl sites for hydroxylation is 1. The number of hydrogen-bond donors (Lipinski definition) is 3. The number of benzene rings is 1.